The Balaban J connectivity index is 1.45. The largest absolute Gasteiger partial charge is 0.357 e. The number of fused-ring (bicyclic) bond motifs is 1. The molecule has 3 rings (SSSR count). The third-order valence-corrected chi connectivity index (χ3v) is 5.15. The van der Waals surface area contributed by atoms with Gasteiger partial charge in [-0.15, -0.1) is 0 Å². The highest BCUT2D eigenvalue weighted by Crippen LogP contribution is 2.16. The van der Waals surface area contributed by atoms with E-state index in [4.69, 9.17) is 11.6 Å². The molecular formula is C23H29ClN6O. The topological polar surface area (TPSA) is 83.3 Å². The highest BCUT2D eigenvalue weighted by molar-refractivity contribution is 6.33. The number of hydrogen-bond donors (Lipinski definition) is 3. The van der Waals surface area contributed by atoms with Crippen LogP contribution in [-0.4, -0.2) is 47.6 Å². The molecular weight excluding hydrogens is 412 g/mol. The molecule has 0 bridgehead atoms. The monoisotopic (exact) mass is 440 g/mol. The van der Waals surface area contributed by atoms with Crippen LogP contribution in [0.25, 0.3) is 11.0 Å². The number of aryl methyl sites for hydroxylation is 2. The van der Waals surface area contributed by atoms with E-state index in [1.165, 1.54) is 0 Å². The molecule has 0 aliphatic heterocycles. The predicted molar refractivity (Wildman–Crippen MR) is 127 cm³/mol. The van der Waals surface area contributed by atoms with Crippen LogP contribution in [0, 0.1) is 6.92 Å². The average molecular weight is 441 g/mol. The summed E-state index contributed by atoms with van der Waals surface area (Å²) in [4.78, 5) is 21.4. The lowest BCUT2D eigenvalue weighted by Crippen LogP contribution is -2.41. The minimum atomic E-state index is -0.183. The maximum atomic E-state index is 12.2. The summed E-state index contributed by atoms with van der Waals surface area (Å²) in [5, 5.41) is 9.80. The summed E-state index contributed by atoms with van der Waals surface area (Å²) in [6.45, 7) is 7.41. The number of para-hydroxylation sites is 2. The quantitative estimate of drug-likeness (QED) is 0.270. The lowest BCUT2D eigenvalue weighted by atomic mass is 10.2. The molecule has 0 fully saturated rings. The summed E-state index contributed by atoms with van der Waals surface area (Å²) >= 11 is 6.06. The Morgan fingerprint density at radius 3 is 2.61 bits per heavy atom. The molecule has 1 heterocycles. The molecule has 1 aromatic heterocycles. The molecule has 2 aromatic carbocycles. The van der Waals surface area contributed by atoms with Gasteiger partial charge in [0, 0.05) is 32.7 Å². The zero-order valence-corrected chi connectivity index (χ0v) is 18.7. The molecule has 31 heavy (non-hydrogen) atoms. The molecule has 0 radical (unpaired) electrons. The molecule has 3 N–H and O–H groups in total. The number of nitrogens with zero attached hydrogens (tertiary/aromatic N) is 3. The summed E-state index contributed by atoms with van der Waals surface area (Å²) in [6, 6.07) is 15.2. The number of aliphatic imine (C=N–C) groups is 1. The zero-order valence-electron chi connectivity index (χ0n) is 18.0. The molecule has 0 aliphatic carbocycles. The van der Waals surface area contributed by atoms with Crippen LogP contribution in [-0.2, 0) is 6.54 Å². The molecule has 0 aliphatic rings. The zero-order chi connectivity index (χ0) is 22.1. The minimum Gasteiger partial charge on any atom is -0.357 e. The fourth-order valence-electron chi connectivity index (χ4n) is 3.34. The van der Waals surface area contributed by atoms with Crippen molar-refractivity contribution < 1.29 is 4.79 Å². The normalized spacial score (nSPS) is 11.5. The van der Waals surface area contributed by atoms with Gasteiger partial charge in [0.2, 0.25) is 0 Å². The second kappa shape index (κ2) is 11.4. The van der Waals surface area contributed by atoms with Gasteiger partial charge in [0.05, 0.1) is 21.6 Å². The highest BCUT2D eigenvalue weighted by atomic mass is 35.5. The van der Waals surface area contributed by atoms with Crippen LogP contribution < -0.4 is 16.0 Å². The first-order valence-electron chi connectivity index (χ1n) is 10.6. The first kappa shape index (κ1) is 22.6. The van der Waals surface area contributed by atoms with E-state index in [0.29, 0.717) is 30.2 Å². The van der Waals surface area contributed by atoms with E-state index in [2.05, 4.69) is 36.6 Å². The van der Waals surface area contributed by atoms with Crippen molar-refractivity contribution in [2.75, 3.05) is 26.2 Å². The lowest BCUT2D eigenvalue weighted by molar-refractivity contribution is 0.0954. The maximum absolute atomic E-state index is 12.2. The Bertz CT molecular complexity index is 1050. The van der Waals surface area contributed by atoms with Crippen molar-refractivity contribution in [2.45, 2.75) is 26.8 Å². The van der Waals surface area contributed by atoms with E-state index >= 15 is 0 Å². The van der Waals surface area contributed by atoms with Gasteiger partial charge in [-0.2, -0.15) is 0 Å². The Kier molecular flexibility index (Phi) is 8.29. The molecule has 0 spiro atoms. The number of imidazole rings is 1. The number of halogens is 1. The van der Waals surface area contributed by atoms with Gasteiger partial charge < -0.3 is 20.5 Å². The van der Waals surface area contributed by atoms with Crippen LogP contribution >= 0.6 is 11.6 Å². The molecule has 8 heteroatoms. The average Bonchev–Trinajstić information content (AvgIpc) is 3.09. The maximum Gasteiger partial charge on any atom is 0.252 e. The van der Waals surface area contributed by atoms with Crippen LogP contribution in [0.4, 0.5) is 0 Å². The number of carbonyl (C=O) groups excluding carboxylic acids is 1. The van der Waals surface area contributed by atoms with E-state index < -0.39 is 0 Å². The predicted octanol–water partition coefficient (Wildman–Crippen LogP) is 3.37. The standard InChI is InChI=1S/C23H29ClN6O/c1-3-25-23(28-15-14-26-22(31)18-9-4-5-10-19(18)24)27-13-8-16-30-17(2)29-20-11-6-7-12-21(20)30/h4-7,9-12H,3,8,13-16H2,1-2H3,(H,26,31)(H2,25,27,28). The van der Waals surface area contributed by atoms with Crippen molar-refractivity contribution in [3.05, 3.63) is 64.9 Å². The molecule has 164 valence electrons. The summed E-state index contributed by atoms with van der Waals surface area (Å²) in [5.74, 6) is 1.57. The van der Waals surface area contributed by atoms with Crippen molar-refractivity contribution in [2.24, 2.45) is 4.99 Å². The van der Waals surface area contributed by atoms with Gasteiger partial charge in [0.15, 0.2) is 5.96 Å². The number of benzene rings is 2. The van der Waals surface area contributed by atoms with Crippen molar-refractivity contribution in [1.82, 2.24) is 25.5 Å². The van der Waals surface area contributed by atoms with Gasteiger partial charge in [-0.3, -0.25) is 9.79 Å². The van der Waals surface area contributed by atoms with E-state index in [-0.39, 0.29) is 5.91 Å². The second-order valence-electron chi connectivity index (χ2n) is 7.08. The van der Waals surface area contributed by atoms with Crippen LogP contribution in [0.5, 0.6) is 0 Å². The SMILES string of the molecule is CCNC(=NCCCn1c(C)nc2ccccc21)NCCNC(=O)c1ccccc1Cl. The summed E-state index contributed by atoms with van der Waals surface area (Å²) in [5.41, 5.74) is 2.66. The molecule has 0 atom stereocenters. The van der Waals surface area contributed by atoms with Crippen molar-refractivity contribution >= 4 is 34.5 Å². The number of nitrogens with one attached hydrogen (secondary N) is 3. The van der Waals surface area contributed by atoms with Gasteiger partial charge >= 0.3 is 0 Å². The Hall–Kier alpha value is -3.06. The minimum absolute atomic E-state index is 0.183. The number of aromatic nitrogens is 2. The van der Waals surface area contributed by atoms with Crippen LogP contribution in [0.15, 0.2) is 53.5 Å². The fraction of sp³-hybridized carbons (Fsp3) is 0.348. The lowest BCUT2D eigenvalue weighted by Gasteiger charge is -2.12. The number of amides is 1. The summed E-state index contributed by atoms with van der Waals surface area (Å²) in [6.07, 6.45) is 0.904. The van der Waals surface area contributed by atoms with Crippen molar-refractivity contribution in [1.29, 1.82) is 0 Å². The van der Waals surface area contributed by atoms with Crippen molar-refractivity contribution in [3.8, 4) is 0 Å². The van der Waals surface area contributed by atoms with Crippen LogP contribution in [0.3, 0.4) is 0 Å². The van der Waals surface area contributed by atoms with E-state index in [1.54, 1.807) is 24.3 Å². The molecule has 3 aromatic rings. The summed E-state index contributed by atoms with van der Waals surface area (Å²) in [7, 11) is 0. The third-order valence-electron chi connectivity index (χ3n) is 4.82. The Labute approximate surface area is 187 Å². The fourth-order valence-corrected chi connectivity index (χ4v) is 3.56. The first-order chi connectivity index (χ1) is 15.1. The van der Waals surface area contributed by atoms with E-state index in [1.807, 2.05) is 32.0 Å². The smallest absolute Gasteiger partial charge is 0.252 e. The molecule has 0 saturated heterocycles. The van der Waals surface area contributed by atoms with Gasteiger partial charge in [0.1, 0.15) is 5.82 Å². The van der Waals surface area contributed by atoms with Crippen molar-refractivity contribution in [3.63, 3.8) is 0 Å². The van der Waals surface area contributed by atoms with E-state index in [9.17, 15) is 4.79 Å². The van der Waals surface area contributed by atoms with Gasteiger partial charge in [-0.05, 0) is 44.5 Å². The number of carbonyl (C=O) groups is 1. The first-order valence-corrected chi connectivity index (χ1v) is 10.9. The third kappa shape index (κ3) is 6.21. The summed E-state index contributed by atoms with van der Waals surface area (Å²) < 4.78 is 2.23. The van der Waals surface area contributed by atoms with Crippen LogP contribution in [0.1, 0.15) is 29.5 Å². The second-order valence-corrected chi connectivity index (χ2v) is 7.48. The van der Waals surface area contributed by atoms with E-state index in [0.717, 1.165) is 42.3 Å². The number of rotatable bonds is 9. The Morgan fingerprint density at radius 2 is 1.81 bits per heavy atom. The van der Waals surface area contributed by atoms with Gasteiger partial charge in [-0.25, -0.2) is 4.98 Å². The molecule has 0 saturated carbocycles. The highest BCUT2D eigenvalue weighted by Gasteiger charge is 2.09. The molecule has 7 nitrogen and oxygen atoms in total. The molecule has 0 unspecified atom stereocenters. The molecule has 1 amide bonds. The Morgan fingerprint density at radius 1 is 1.06 bits per heavy atom. The number of hydrogen-bond acceptors (Lipinski definition) is 3. The van der Waals surface area contributed by atoms with Gasteiger partial charge in [-0.1, -0.05) is 35.9 Å². The number of guanidine groups is 1. The van der Waals surface area contributed by atoms with Gasteiger partial charge in [0.25, 0.3) is 5.91 Å². The van der Waals surface area contributed by atoms with Crippen LogP contribution in [0.2, 0.25) is 5.02 Å².